The number of fused-ring (bicyclic) bond motifs is 1. The van der Waals surface area contributed by atoms with Gasteiger partial charge < -0.3 is 4.57 Å². The predicted octanol–water partition coefficient (Wildman–Crippen LogP) is 5.06. The van der Waals surface area contributed by atoms with Crippen molar-refractivity contribution in [2.45, 2.75) is 36.6 Å². The first-order valence-electron chi connectivity index (χ1n) is 10.1. The van der Waals surface area contributed by atoms with Crippen LogP contribution in [0.25, 0.3) is 22.2 Å². The summed E-state index contributed by atoms with van der Waals surface area (Å²) >= 11 is 6.44. The van der Waals surface area contributed by atoms with Crippen molar-refractivity contribution in [3.05, 3.63) is 66.3 Å². The molecule has 1 fully saturated rings. The molecule has 158 valence electrons. The second kappa shape index (κ2) is 7.94. The number of benzene rings is 1. The average molecular weight is 454 g/mol. The summed E-state index contributed by atoms with van der Waals surface area (Å²) in [6.07, 6.45) is 9.82. The van der Waals surface area contributed by atoms with E-state index in [1.165, 1.54) is 31.3 Å². The summed E-state index contributed by atoms with van der Waals surface area (Å²) in [5, 5.41) is 1.18. The SMILES string of the molecule is O=S(=O)(Nc1ccc(-c2cn(C3CCCC3)c3ncnc(Cl)c23)cn1)c1ccccc1. The van der Waals surface area contributed by atoms with Gasteiger partial charge in [0.05, 0.1) is 10.3 Å². The van der Waals surface area contributed by atoms with Gasteiger partial charge in [-0.3, -0.25) is 4.72 Å². The number of hydrogen-bond acceptors (Lipinski definition) is 5. The largest absolute Gasteiger partial charge is 0.329 e. The van der Waals surface area contributed by atoms with Crippen molar-refractivity contribution in [1.29, 1.82) is 0 Å². The van der Waals surface area contributed by atoms with Crippen molar-refractivity contribution in [3.63, 3.8) is 0 Å². The number of aromatic nitrogens is 4. The first kappa shape index (κ1) is 20.0. The Morgan fingerprint density at radius 2 is 1.77 bits per heavy atom. The van der Waals surface area contributed by atoms with Gasteiger partial charge in [-0.25, -0.2) is 23.4 Å². The van der Waals surface area contributed by atoms with E-state index >= 15 is 0 Å². The number of pyridine rings is 1. The van der Waals surface area contributed by atoms with Crippen molar-refractivity contribution in [1.82, 2.24) is 19.5 Å². The van der Waals surface area contributed by atoms with Gasteiger partial charge in [0.25, 0.3) is 10.0 Å². The van der Waals surface area contributed by atoms with E-state index in [4.69, 9.17) is 11.6 Å². The van der Waals surface area contributed by atoms with Crippen LogP contribution in [0.4, 0.5) is 5.82 Å². The molecule has 0 radical (unpaired) electrons. The van der Waals surface area contributed by atoms with Crippen LogP contribution in [0.3, 0.4) is 0 Å². The Morgan fingerprint density at radius 1 is 1.00 bits per heavy atom. The molecule has 1 aliphatic rings. The monoisotopic (exact) mass is 453 g/mol. The summed E-state index contributed by atoms with van der Waals surface area (Å²) in [5.41, 5.74) is 2.52. The molecule has 5 rings (SSSR count). The number of anilines is 1. The predicted molar refractivity (Wildman–Crippen MR) is 121 cm³/mol. The van der Waals surface area contributed by atoms with Gasteiger partial charge in [-0.1, -0.05) is 42.6 Å². The first-order chi connectivity index (χ1) is 15.0. The van der Waals surface area contributed by atoms with E-state index in [-0.39, 0.29) is 10.7 Å². The maximum absolute atomic E-state index is 12.5. The molecule has 31 heavy (non-hydrogen) atoms. The molecule has 0 bridgehead atoms. The summed E-state index contributed by atoms with van der Waals surface area (Å²) in [6.45, 7) is 0. The van der Waals surface area contributed by atoms with Crippen LogP contribution in [0.1, 0.15) is 31.7 Å². The molecular formula is C22H20ClN5O2S. The van der Waals surface area contributed by atoms with E-state index in [0.29, 0.717) is 11.2 Å². The molecule has 3 heterocycles. The van der Waals surface area contributed by atoms with Gasteiger partial charge in [0.1, 0.15) is 22.9 Å². The standard InChI is InChI=1S/C22H20ClN5O2S/c23-21-20-18(13-28(16-6-4-5-7-16)22(20)26-14-25-21)15-10-11-19(24-12-15)27-31(29,30)17-8-2-1-3-9-17/h1-3,8-14,16H,4-7H2,(H,24,27). The number of halogens is 1. The van der Waals surface area contributed by atoms with Gasteiger partial charge in [-0.15, -0.1) is 0 Å². The van der Waals surface area contributed by atoms with Crippen LogP contribution in [-0.4, -0.2) is 27.9 Å². The zero-order chi connectivity index (χ0) is 21.4. The van der Waals surface area contributed by atoms with Crippen molar-refractivity contribution < 1.29 is 8.42 Å². The van der Waals surface area contributed by atoms with Crippen LogP contribution in [0, 0.1) is 0 Å². The van der Waals surface area contributed by atoms with Gasteiger partial charge >= 0.3 is 0 Å². The fourth-order valence-corrected chi connectivity index (χ4v) is 5.40. The molecule has 0 amide bonds. The van der Waals surface area contributed by atoms with Crippen LogP contribution in [-0.2, 0) is 10.0 Å². The Labute approximate surface area is 185 Å². The molecule has 1 aromatic carbocycles. The summed E-state index contributed by atoms with van der Waals surface area (Å²) in [4.78, 5) is 13.2. The Morgan fingerprint density at radius 3 is 2.48 bits per heavy atom. The third-order valence-electron chi connectivity index (χ3n) is 5.65. The van der Waals surface area contributed by atoms with Crippen molar-refractivity contribution >= 4 is 38.5 Å². The van der Waals surface area contributed by atoms with Crippen LogP contribution in [0.5, 0.6) is 0 Å². The molecule has 1 aliphatic carbocycles. The zero-order valence-electron chi connectivity index (χ0n) is 16.6. The lowest BCUT2D eigenvalue weighted by Crippen LogP contribution is -2.13. The summed E-state index contributed by atoms with van der Waals surface area (Å²) in [5.74, 6) is 0.245. The van der Waals surface area contributed by atoms with Gasteiger partial charge in [-0.05, 0) is 37.1 Å². The molecule has 4 aromatic rings. The third-order valence-corrected chi connectivity index (χ3v) is 7.31. The van der Waals surface area contributed by atoms with Crippen LogP contribution < -0.4 is 4.72 Å². The quantitative estimate of drug-likeness (QED) is 0.426. The smallest absolute Gasteiger partial charge is 0.263 e. The van der Waals surface area contributed by atoms with E-state index in [9.17, 15) is 8.42 Å². The molecule has 0 unspecified atom stereocenters. The molecule has 0 atom stereocenters. The highest BCUT2D eigenvalue weighted by Gasteiger charge is 2.23. The summed E-state index contributed by atoms with van der Waals surface area (Å²) in [6, 6.07) is 12.1. The molecule has 0 aliphatic heterocycles. The number of nitrogens with one attached hydrogen (secondary N) is 1. The highest BCUT2D eigenvalue weighted by molar-refractivity contribution is 7.92. The Hall–Kier alpha value is -2.97. The normalized spacial score (nSPS) is 14.9. The molecule has 1 saturated carbocycles. The molecule has 1 N–H and O–H groups in total. The minimum absolute atomic E-state index is 0.185. The molecule has 7 nitrogen and oxygen atoms in total. The van der Waals surface area contributed by atoms with Gasteiger partial charge in [0.15, 0.2) is 0 Å². The Kier molecular flexibility index (Phi) is 5.11. The van der Waals surface area contributed by atoms with Gasteiger partial charge in [-0.2, -0.15) is 0 Å². The fourth-order valence-electron chi connectivity index (χ4n) is 4.14. The third kappa shape index (κ3) is 3.77. The topological polar surface area (TPSA) is 89.8 Å². The van der Waals surface area contributed by atoms with E-state index < -0.39 is 10.0 Å². The van der Waals surface area contributed by atoms with E-state index in [0.717, 1.165) is 35.0 Å². The minimum Gasteiger partial charge on any atom is -0.329 e. The number of sulfonamides is 1. The maximum atomic E-state index is 12.5. The highest BCUT2D eigenvalue weighted by atomic mass is 35.5. The van der Waals surface area contributed by atoms with Crippen molar-refractivity contribution in [2.24, 2.45) is 0 Å². The average Bonchev–Trinajstić information content (AvgIpc) is 3.43. The lowest BCUT2D eigenvalue weighted by molar-refractivity contribution is 0.532. The van der Waals surface area contributed by atoms with Crippen molar-refractivity contribution in [2.75, 3.05) is 4.72 Å². The molecule has 9 heteroatoms. The number of rotatable bonds is 5. The molecule has 0 saturated heterocycles. The molecule has 0 spiro atoms. The number of nitrogens with zero attached hydrogens (tertiary/aromatic N) is 4. The lowest BCUT2D eigenvalue weighted by Gasteiger charge is -2.12. The maximum Gasteiger partial charge on any atom is 0.263 e. The fraction of sp³-hybridized carbons (Fsp3) is 0.227. The Balaban J connectivity index is 1.50. The Bertz CT molecular complexity index is 1330. The minimum atomic E-state index is -3.70. The summed E-state index contributed by atoms with van der Waals surface area (Å²) in [7, 11) is -3.70. The van der Waals surface area contributed by atoms with Crippen LogP contribution in [0.15, 0.2) is 66.1 Å². The van der Waals surface area contributed by atoms with Crippen molar-refractivity contribution in [3.8, 4) is 11.1 Å². The van der Waals surface area contributed by atoms with Gasteiger partial charge in [0, 0.05) is 29.6 Å². The first-order valence-corrected chi connectivity index (χ1v) is 11.9. The second-order valence-electron chi connectivity index (χ2n) is 7.60. The zero-order valence-corrected chi connectivity index (χ0v) is 18.1. The summed E-state index contributed by atoms with van der Waals surface area (Å²) < 4.78 is 29.8. The molecule has 3 aromatic heterocycles. The second-order valence-corrected chi connectivity index (χ2v) is 9.64. The van der Waals surface area contributed by atoms with Crippen LogP contribution >= 0.6 is 11.6 Å². The number of hydrogen-bond donors (Lipinski definition) is 1. The van der Waals surface area contributed by atoms with Gasteiger partial charge in [0.2, 0.25) is 0 Å². The van der Waals surface area contributed by atoms with E-state index in [1.54, 1.807) is 30.5 Å². The van der Waals surface area contributed by atoms with E-state index in [2.05, 4.69) is 30.4 Å². The lowest BCUT2D eigenvalue weighted by atomic mass is 10.1. The highest BCUT2D eigenvalue weighted by Crippen LogP contribution is 2.39. The van der Waals surface area contributed by atoms with Crippen LogP contribution in [0.2, 0.25) is 5.15 Å². The molecular weight excluding hydrogens is 434 g/mol. The van der Waals surface area contributed by atoms with E-state index in [1.807, 2.05) is 6.07 Å².